The van der Waals surface area contributed by atoms with Gasteiger partial charge in [0.2, 0.25) is 5.91 Å². The Labute approximate surface area is 456 Å². The van der Waals surface area contributed by atoms with Crippen molar-refractivity contribution in [1.29, 1.82) is 0 Å². The Morgan fingerprint density at radius 3 is 1.07 bits per heavy atom. The van der Waals surface area contributed by atoms with Gasteiger partial charge in [-0.1, -0.05) is 321 Å². The number of ether oxygens (including phenoxy) is 1. The minimum Gasteiger partial charge on any atom is -0.466 e. The van der Waals surface area contributed by atoms with E-state index in [1.807, 2.05) is 0 Å². The van der Waals surface area contributed by atoms with Crippen LogP contribution in [0.25, 0.3) is 0 Å². The molecule has 2 atom stereocenters. The molecule has 0 fully saturated rings. The summed E-state index contributed by atoms with van der Waals surface area (Å²) in [6.45, 7) is 4.95. The average molecular weight is 1030 g/mol. The molecular formula is C67H129NO5. The van der Waals surface area contributed by atoms with Crippen molar-refractivity contribution in [2.45, 2.75) is 379 Å². The summed E-state index contributed by atoms with van der Waals surface area (Å²) < 4.78 is 5.48. The van der Waals surface area contributed by atoms with Crippen LogP contribution in [0.3, 0.4) is 0 Å². The van der Waals surface area contributed by atoms with Crippen LogP contribution in [0, 0.1) is 0 Å². The lowest BCUT2D eigenvalue weighted by Gasteiger charge is -2.22. The molecule has 0 radical (unpaired) electrons. The van der Waals surface area contributed by atoms with Crippen LogP contribution in [0.5, 0.6) is 0 Å². The fourth-order valence-electron chi connectivity index (χ4n) is 10.4. The summed E-state index contributed by atoms with van der Waals surface area (Å²) in [5, 5.41) is 23.4. The van der Waals surface area contributed by atoms with Crippen LogP contribution < -0.4 is 5.32 Å². The second kappa shape index (κ2) is 62.9. The molecule has 2 unspecified atom stereocenters. The highest BCUT2D eigenvalue weighted by Gasteiger charge is 2.20. The van der Waals surface area contributed by atoms with Crippen molar-refractivity contribution >= 4 is 11.9 Å². The minimum atomic E-state index is -0.668. The minimum absolute atomic E-state index is 0.00404. The van der Waals surface area contributed by atoms with Crippen LogP contribution in [0.2, 0.25) is 0 Å². The van der Waals surface area contributed by atoms with Gasteiger partial charge in [0, 0.05) is 12.8 Å². The fourth-order valence-corrected chi connectivity index (χ4v) is 10.4. The number of aliphatic hydroxyl groups is 2. The zero-order chi connectivity index (χ0) is 52.9. The van der Waals surface area contributed by atoms with Gasteiger partial charge in [0.15, 0.2) is 0 Å². The van der Waals surface area contributed by atoms with E-state index in [0.717, 1.165) is 51.4 Å². The molecule has 0 aromatic rings. The molecule has 0 heterocycles. The quantitative estimate of drug-likeness (QED) is 0.0320. The van der Waals surface area contributed by atoms with Crippen molar-refractivity contribution in [3.05, 3.63) is 24.3 Å². The average Bonchev–Trinajstić information content (AvgIpc) is 3.39. The highest BCUT2D eigenvalue weighted by atomic mass is 16.5. The summed E-state index contributed by atoms with van der Waals surface area (Å²) in [5.74, 6) is -0.0382. The summed E-state index contributed by atoms with van der Waals surface area (Å²) in [6, 6.07) is -0.545. The number of esters is 1. The van der Waals surface area contributed by atoms with Gasteiger partial charge in [-0.3, -0.25) is 9.59 Å². The first-order valence-electron chi connectivity index (χ1n) is 33.1. The van der Waals surface area contributed by atoms with Crippen molar-refractivity contribution in [2.24, 2.45) is 0 Å². The van der Waals surface area contributed by atoms with Crippen LogP contribution in [-0.4, -0.2) is 47.4 Å². The number of hydrogen-bond acceptors (Lipinski definition) is 5. The molecule has 0 bridgehead atoms. The molecule has 0 aliphatic rings. The maximum atomic E-state index is 12.5. The molecule has 0 rings (SSSR count). The van der Waals surface area contributed by atoms with Crippen LogP contribution in [0.15, 0.2) is 24.3 Å². The largest absolute Gasteiger partial charge is 0.466 e. The number of hydrogen-bond donors (Lipinski definition) is 3. The Morgan fingerprint density at radius 1 is 0.384 bits per heavy atom. The lowest BCUT2D eigenvalue weighted by atomic mass is 10.0. The predicted octanol–water partition coefficient (Wildman–Crippen LogP) is 21.0. The van der Waals surface area contributed by atoms with Crippen LogP contribution in [0.1, 0.15) is 367 Å². The molecule has 6 heteroatoms. The van der Waals surface area contributed by atoms with E-state index < -0.39 is 12.1 Å². The van der Waals surface area contributed by atoms with Gasteiger partial charge in [0.05, 0.1) is 25.4 Å². The van der Waals surface area contributed by atoms with Gasteiger partial charge in [0.25, 0.3) is 0 Å². The zero-order valence-electron chi connectivity index (χ0n) is 49.4. The molecule has 0 saturated carbocycles. The van der Waals surface area contributed by atoms with E-state index in [1.54, 1.807) is 0 Å². The Morgan fingerprint density at radius 2 is 0.685 bits per heavy atom. The van der Waals surface area contributed by atoms with Gasteiger partial charge in [-0.05, 0) is 57.8 Å². The van der Waals surface area contributed by atoms with Gasteiger partial charge in [0.1, 0.15) is 0 Å². The van der Waals surface area contributed by atoms with Gasteiger partial charge >= 0.3 is 5.97 Å². The summed E-state index contributed by atoms with van der Waals surface area (Å²) in [6.07, 6.45) is 77.7. The molecule has 432 valence electrons. The molecule has 0 aliphatic carbocycles. The van der Waals surface area contributed by atoms with E-state index in [1.165, 1.54) is 283 Å². The van der Waals surface area contributed by atoms with Crippen molar-refractivity contribution in [2.75, 3.05) is 13.2 Å². The topological polar surface area (TPSA) is 95.9 Å². The molecule has 6 nitrogen and oxygen atoms in total. The van der Waals surface area contributed by atoms with Gasteiger partial charge < -0.3 is 20.3 Å². The van der Waals surface area contributed by atoms with Gasteiger partial charge in [-0.25, -0.2) is 0 Å². The first-order valence-corrected chi connectivity index (χ1v) is 33.1. The van der Waals surface area contributed by atoms with E-state index in [-0.39, 0.29) is 18.5 Å². The molecule has 73 heavy (non-hydrogen) atoms. The highest BCUT2D eigenvalue weighted by molar-refractivity contribution is 5.76. The molecule has 3 N–H and O–H groups in total. The molecule has 0 aromatic heterocycles. The number of carbonyl (C=O) groups is 2. The predicted molar refractivity (Wildman–Crippen MR) is 320 cm³/mol. The molecule has 0 saturated heterocycles. The maximum Gasteiger partial charge on any atom is 0.305 e. The monoisotopic (exact) mass is 1030 g/mol. The molecule has 0 aliphatic heterocycles. The number of allylic oxidation sites excluding steroid dienone is 4. The first kappa shape index (κ1) is 71.3. The van der Waals surface area contributed by atoms with Crippen molar-refractivity contribution in [1.82, 2.24) is 5.32 Å². The van der Waals surface area contributed by atoms with E-state index in [4.69, 9.17) is 4.74 Å². The van der Waals surface area contributed by atoms with E-state index in [2.05, 4.69) is 43.5 Å². The molecular weight excluding hydrogens is 899 g/mol. The second-order valence-corrected chi connectivity index (χ2v) is 22.8. The standard InChI is InChI=1S/C67H129NO5/c1-3-5-7-9-11-13-15-17-19-20-21-22-23-25-28-32-35-39-43-47-51-55-59-65(70)64(63-69)68-66(71)60-56-52-48-44-40-36-33-29-26-24-27-30-34-38-42-46-50-54-58-62-73-67(72)61-57-53-49-45-41-37-31-18-16-14-12-10-8-6-4-2/h12,14,18,31,64-65,69-70H,3-11,13,15-17,19-30,32-63H2,1-2H3,(H,68,71)/b14-12-,31-18-. The van der Waals surface area contributed by atoms with Crippen molar-refractivity contribution in [3.63, 3.8) is 0 Å². The highest BCUT2D eigenvalue weighted by Crippen LogP contribution is 2.19. The summed E-state index contributed by atoms with van der Waals surface area (Å²) in [7, 11) is 0. The van der Waals surface area contributed by atoms with E-state index >= 15 is 0 Å². The Kier molecular flexibility index (Phi) is 61.4. The molecule has 0 spiro atoms. The third kappa shape index (κ3) is 59.4. The normalized spacial score (nSPS) is 12.7. The molecule has 1 amide bonds. The zero-order valence-corrected chi connectivity index (χ0v) is 49.4. The summed E-state index contributed by atoms with van der Waals surface area (Å²) in [5.41, 5.74) is 0. The Hall–Kier alpha value is -1.66. The number of amides is 1. The smallest absolute Gasteiger partial charge is 0.305 e. The fraction of sp³-hybridized carbons (Fsp3) is 0.910. The lowest BCUT2D eigenvalue weighted by Crippen LogP contribution is -2.45. The SMILES string of the molecule is CCCCC/C=C\C/C=C\CCCCCCCC(=O)OCCCCCCCCCCCCCCCCCCCCCC(=O)NC(CO)C(O)CCCCCCCCCCCCCCCCCCCCCCCC. The third-order valence-electron chi connectivity index (χ3n) is 15.5. The van der Waals surface area contributed by atoms with Crippen molar-refractivity contribution < 1.29 is 24.5 Å². The van der Waals surface area contributed by atoms with Crippen LogP contribution in [0.4, 0.5) is 0 Å². The number of rotatable bonds is 62. The van der Waals surface area contributed by atoms with Gasteiger partial charge in [-0.15, -0.1) is 0 Å². The maximum absolute atomic E-state index is 12.5. The van der Waals surface area contributed by atoms with Crippen LogP contribution >= 0.6 is 0 Å². The van der Waals surface area contributed by atoms with E-state index in [9.17, 15) is 19.8 Å². The van der Waals surface area contributed by atoms with Crippen LogP contribution in [-0.2, 0) is 14.3 Å². The Bertz CT molecular complexity index is 1140. The summed E-state index contributed by atoms with van der Waals surface area (Å²) >= 11 is 0. The number of unbranched alkanes of at least 4 members (excludes halogenated alkanes) is 47. The number of aliphatic hydroxyl groups excluding tert-OH is 2. The summed E-state index contributed by atoms with van der Waals surface area (Å²) in [4.78, 5) is 24.6. The first-order chi connectivity index (χ1) is 36.0. The van der Waals surface area contributed by atoms with Crippen molar-refractivity contribution in [3.8, 4) is 0 Å². The Balaban J connectivity index is 3.40. The van der Waals surface area contributed by atoms with Gasteiger partial charge in [-0.2, -0.15) is 0 Å². The third-order valence-corrected chi connectivity index (χ3v) is 15.5. The van der Waals surface area contributed by atoms with E-state index in [0.29, 0.717) is 25.9 Å². The number of nitrogens with one attached hydrogen (secondary N) is 1. The number of carbonyl (C=O) groups excluding carboxylic acids is 2. The second-order valence-electron chi connectivity index (χ2n) is 22.8. The molecule has 0 aromatic carbocycles. The lowest BCUT2D eigenvalue weighted by molar-refractivity contribution is -0.143.